The molecule has 0 radical (unpaired) electrons. The Kier molecular flexibility index (Phi) is 7.65. The van der Waals surface area contributed by atoms with Gasteiger partial charge in [0.05, 0.1) is 0 Å². The van der Waals surface area contributed by atoms with Crippen LogP contribution in [0.4, 0.5) is 10.5 Å². The van der Waals surface area contributed by atoms with Gasteiger partial charge in [0.25, 0.3) is 0 Å². The number of rotatable bonds is 7. The van der Waals surface area contributed by atoms with E-state index in [1.165, 1.54) is 14.7 Å². The van der Waals surface area contributed by atoms with Gasteiger partial charge in [0.15, 0.2) is 0 Å². The molecule has 8 nitrogen and oxygen atoms in total. The predicted molar refractivity (Wildman–Crippen MR) is 107 cm³/mol. The lowest BCUT2D eigenvalue weighted by Gasteiger charge is -2.27. The maximum Gasteiger partial charge on any atom is 0.319 e. The predicted octanol–water partition coefficient (Wildman–Crippen LogP) is 1.80. The molecule has 0 aromatic heterocycles. The molecule has 0 bridgehead atoms. The first-order valence-corrected chi connectivity index (χ1v) is 9.42. The van der Waals surface area contributed by atoms with E-state index in [9.17, 15) is 14.4 Å². The van der Waals surface area contributed by atoms with Gasteiger partial charge in [-0.1, -0.05) is 17.7 Å². The van der Waals surface area contributed by atoms with Crippen molar-refractivity contribution in [3.63, 3.8) is 0 Å². The smallest absolute Gasteiger partial charge is 0.319 e. The largest absolute Gasteiger partial charge is 0.385 e. The van der Waals surface area contributed by atoms with Gasteiger partial charge in [-0.2, -0.15) is 0 Å². The molecule has 1 aliphatic rings. The molecule has 1 aromatic rings. The van der Waals surface area contributed by atoms with Crippen molar-refractivity contribution in [3.8, 4) is 0 Å². The first-order chi connectivity index (χ1) is 13.3. The Morgan fingerprint density at radius 1 is 1.29 bits per heavy atom. The van der Waals surface area contributed by atoms with Gasteiger partial charge in [-0.3, -0.25) is 14.5 Å². The third kappa shape index (κ3) is 5.14. The van der Waals surface area contributed by atoms with Crippen molar-refractivity contribution in [1.29, 1.82) is 0 Å². The molecule has 1 aromatic carbocycles. The molecule has 0 atom stereocenters. The molecule has 0 spiro atoms. The topological polar surface area (TPSA) is 73.4 Å². The van der Waals surface area contributed by atoms with E-state index < -0.39 is 0 Å². The number of amides is 4. The SMILES string of the molecule is COCCCN(CC(=O)N1CC(=O)N(c2cccc(Cl)c2C)C1)C(=O)N(C)C. The van der Waals surface area contributed by atoms with E-state index in [4.69, 9.17) is 16.3 Å². The van der Waals surface area contributed by atoms with Gasteiger partial charge in [0.2, 0.25) is 11.8 Å². The lowest BCUT2D eigenvalue weighted by molar-refractivity contribution is -0.132. The fourth-order valence-corrected chi connectivity index (χ4v) is 3.17. The van der Waals surface area contributed by atoms with Crippen LogP contribution in [-0.2, 0) is 14.3 Å². The van der Waals surface area contributed by atoms with Gasteiger partial charge in [-0.15, -0.1) is 0 Å². The number of hydrogen-bond acceptors (Lipinski definition) is 4. The summed E-state index contributed by atoms with van der Waals surface area (Å²) in [6, 6.07) is 5.09. The van der Waals surface area contributed by atoms with E-state index in [0.717, 1.165) is 5.56 Å². The van der Waals surface area contributed by atoms with Crippen LogP contribution in [0.5, 0.6) is 0 Å². The minimum absolute atomic E-state index is 0.0210. The Balaban J connectivity index is 2.07. The number of carbonyl (C=O) groups is 3. The number of nitrogens with zero attached hydrogens (tertiary/aromatic N) is 4. The van der Waals surface area contributed by atoms with E-state index in [2.05, 4.69) is 0 Å². The van der Waals surface area contributed by atoms with Gasteiger partial charge in [0.1, 0.15) is 19.8 Å². The maximum absolute atomic E-state index is 12.8. The number of carbonyl (C=O) groups excluding carboxylic acids is 3. The summed E-state index contributed by atoms with van der Waals surface area (Å²) in [7, 11) is 4.86. The van der Waals surface area contributed by atoms with Crippen LogP contribution < -0.4 is 4.90 Å². The zero-order valence-corrected chi connectivity index (χ0v) is 17.5. The highest BCUT2D eigenvalue weighted by Crippen LogP contribution is 2.28. The first kappa shape index (κ1) is 22.0. The van der Waals surface area contributed by atoms with Crippen LogP contribution in [0.25, 0.3) is 0 Å². The molecule has 0 saturated carbocycles. The van der Waals surface area contributed by atoms with Crippen LogP contribution in [-0.4, -0.2) is 86.7 Å². The fraction of sp³-hybridized carbons (Fsp3) is 0.526. The van der Waals surface area contributed by atoms with Crippen molar-refractivity contribution in [2.45, 2.75) is 13.3 Å². The summed E-state index contributed by atoms with van der Waals surface area (Å²) in [5.41, 5.74) is 1.48. The molecule has 1 fully saturated rings. The summed E-state index contributed by atoms with van der Waals surface area (Å²) < 4.78 is 5.03. The lowest BCUT2D eigenvalue weighted by atomic mass is 10.2. The zero-order valence-electron chi connectivity index (χ0n) is 16.8. The van der Waals surface area contributed by atoms with Gasteiger partial charge < -0.3 is 19.4 Å². The van der Waals surface area contributed by atoms with E-state index in [0.29, 0.717) is 30.3 Å². The van der Waals surface area contributed by atoms with Crippen molar-refractivity contribution in [3.05, 3.63) is 28.8 Å². The molecule has 2 rings (SSSR count). The molecule has 0 unspecified atom stereocenters. The lowest BCUT2D eigenvalue weighted by Crippen LogP contribution is -2.46. The highest BCUT2D eigenvalue weighted by molar-refractivity contribution is 6.31. The molecule has 28 heavy (non-hydrogen) atoms. The van der Waals surface area contributed by atoms with Gasteiger partial charge in [-0.05, 0) is 31.0 Å². The molecule has 4 amide bonds. The van der Waals surface area contributed by atoms with Crippen LogP contribution in [0.2, 0.25) is 5.02 Å². The van der Waals surface area contributed by atoms with Crippen molar-refractivity contribution in [2.75, 3.05) is 59.0 Å². The molecule has 1 heterocycles. The van der Waals surface area contributed by atoms with Crippen molar-refractivity contribution >= 4 is 35.1 Å². The summed E-state index contributed by atoms with van der Waals surface area (Å²) in [6.07, 6.45) is 0.621. The highest BCUT2D eigenvalue weighted by Gasteiger charge is 2.33. The summed E-state index contributed by atoms with van der Waals surface area (Å²) in [6.45, 7) is 2.76. The Morgan fingerprint density at radius 2 is 2.00 bits per heavy atom. The summed E-state index contributed by atoms with van der Waals surface area (Å²) in [5, 5.41) is 0.566. The van der Waals surface area contributed by atoms with Crippen molar-refractivity contribution in [1.82, 2.24) is 14.7 Å². The van der Waals surface area contributed by atoms with Crippen molar-refractivity contribution in [2.24, 2.45) is 0 Å². The van der Waals surface area contributed by atoms with Crippen molar-refractivity contribution < 1.29 is 19.1 Å². The molecule has 154 valence electrons. The van der Waals surface area contributed by atoms with Crippen LogP contribution in [0.15, 0.2) is 18.2 Å². The number of urea groups is 1. The van der Waals surface area contributed by atoms with E-state index in [1.807, 2.05) is 6.92 Å². The van der Waals surface area contributed by atoms with Crippen LogP contribution >= 0.6 is 11.6 Å². The maximum atomic E-state index is 12.8. The third-order valence-corrected chi connectivity index (χ3v) is 4.99. The standard InChI is InChI=1S/C19H27ClN4O4/c1-14-15(20)7-5-8-16(14)24-13-23(12-18(24)26)17(25)11-22(9-6-10-28-4)19(27)21(2)3/h5,7-8H,6,9-13H2,1-4H3. The fourth-order valence-electron chi connectivity index (χ4n) is 3.00. The zero-order chi connectivity index (χ0) is 20.8. The van der Waals surface area contributed by atoms with E-state index in [1.54, 1.807) is 44.3 Å². The normalized spacial score (nSPS) is 13.8. The molecule has 1 saturated heterocycles. The minimum Gasteiger partial charge on any atom is -0.385 e. The highest BCUT2D eigenvalue weighted by atomic mass is 35.5. The third-order valence-electron chi connectivity index (χ3n) is 4.58. The Bertz CT molecular complexity index is 741. The molecule has 0 aliphatic carbocycles. The molecule has 0 N–H and O–H groups in total. The average molecular weight is 411 g/mol. The van der Waals surface area contributed by atoms with E-state index >= 15 is 0 Å². The number of methoxy groups -OCH3 is 1. The first-order valence-electron chi connectivity index (χ1n) is 9.04. The number of ether oxygens (including phenoxy) is 1. The van der Waals surface area contributed by atoms with Gasteiger partial charge >= 0.3 is 6.03 Å². The van der Waals surface area contributed by atoms with Crippen LogP contribution in [0, 0.1) is 6.92 Å². The summed E-state index contributed by atoms with van der Waals surface area (Å²) >= 11 is 6.16. The molecule has 9 heteroatoms. The number of anilines is 1. The second kappa shape index (κ2) is 9.75. The van der Waals surface area contributed by atoms with Gasteiger partial charge in [0, 0.05) is 45.1 Å². The monoisotopic (exact) mass is 410 g/mol. The Hall–Kier alpha value is -2.32. The molecule has 1 aliphatic heterocycles. The number of halogens is 1. The summed E-state index contributed by atoms with van der Waals surface area (Å²) in [5.74, 6) is -0.452. The second-order valence-electron chi connectivity index (χ2n) is 6.88. The number of hydrogen-bond donors (Lipinski definition) is 0. The average Bonchev–Trinajstić information content (AvgIpc) is 3.04. The Labute approximate surface area is 170 Å². The van der Waals surface area contributed by atoms with Crippen LogP contribution in [0.1, 0.15) is 12.0 Å². The molecular formula is C19H27ClN4O4. The number of benzene rings is 1. The second-order valence-corrected chi connectivity index (χ2v) is 7.29. The summed E-state index contributed by atoms with van der Waals surface area (Å²) in [4.78, 5) is 43.5. The Morgan fingerprint density at radius 3 is 2.64 bits per heavy atom. The van der Waals surface area contributed by atoms with E-state index in [-0.39, 0.29) is 37.6 Å². The quantitative estimate of drug-likeness (QED) is 0.642. The van der Waals surface area contributed by atoms with Gasteiger partial charge in [-0.25, -0.2) is 4.79 Å². The molecular weight excluding hydrogens is 384 g/mol. The van der Waals surface area contributed by atoms with Crippen LogP contribution in [0.3, 0.4) is 0 Å². The minimum atomic E-state index is -0.275.